The van der Waals surface area contributed by atoms with Crippen molar-refractivity contribution >= 4 is 23.8 Å². The molecule has 1 aromatic heterocycles. The van der Waals surface area contributed by atoms with Crippen LogP contribution in [0, 0.1) is 5.41 Å². The van der Waals surface area contributed by atoms with Gasteiger partial charge in [-0.3, -0.25) is 0 Å². The van der Waals surface area contributed by atoms with Gasteiger partial charge in [0.2, 0.25) is 0 Å². The number of methoxy groups -OCH3 is 1. The lowest BCUT2D eigenvalue weighted by Crippen LogP contribution is -2.45. The van der Waals surface area contributed by atoms with Gasteiger partial charge in [0.05, 0.1) is 31.0 Å². The minimum absolute atomic E-state index is 0.207. The molecule has 162 valence electrons. The smallest absolute Gasteiger partial charge is 0.423 e. The summed E-state index contributed by atoms with van der Waals surface area (Å²) in [6.07, 6.45) is -1.91. The van der Waals surface area contributed by atoms with Gasteiger partial charge in [-0.2, -0.15) is 0 Å². The Labute approximate surface area is 179 Å². The van der Waals surface area contributed by atoms with Crippen LogP contribution in [0.2, 0.25) is 5.15 Å². The monoisotopic (exact) mass is 436 g/mol. The average Bonchev–Trinajstić information content (AvgIpc) is 2.91. The number of fused-ring (bicyclic) bond motifs is 1. The highest BCUT2D eigenvalue weighted by Crippen LogP contribution is 2.52. The highest BCUT2D eigenvalue weighted by molar-refractivity contribution is 6.33. The van der Waals surface area contributed by atoms with Crippen LogP contribution in [0.4, 0.5) is 9.59 Å². The Hall–Kier alpha value is -2.91. The number of hydroxylamine groups is 2. The molecule has 2 heterocycles. The third-order valence-electron chi connectivity index (χ3n) is 4.87. The summed E-state index contributed by atoms with van der Waals surface area (Å²) in [5.74, 6) is 0.822. The number of amides is 2. The SMILES string of the molecule is COc1cccc(-c2c(OC(N)=O)c3n(c2Cl)CCN(OC(N)=O)C3C(C)(C)C)c1. The second-order valence-corrected chi connectivity index (χ2v) is 8.36. The van der Waals surface area contributed by atoms with E-state index in [0.29, 0.717) is 40.8 Å². The summed E-state index contributed by atoms with van der Waals surface area (Å²) in [6.45, 7) is 6.62. The summed E-state index contributed by atoms with van der Waals surface area (Å²) in [6, 6.07) is 6.70. The van der Waals surface area contributed by atoms with E-state index in [9.17, 15) is 9.59 Å². The van der Waals surface area contributed by atoms with Crippen LogP contribution in [0.3, 0.4) is 0 Å². The molecular weight excluding hydrogens is 412 g/mol. The standard InChI is InChI=1S/C20H25ClN4O5/c1-20(2,3)16-14-15(29-18(22)26)13(11-6-5-7-12(10-11)28-4)17(21)24(14)8-9-25(16)30-19(23)27/h5-7,10,16H,8-9H2,1-4H3,(H2,22,26)(H2,23,27). The number of aromatic nitrogens is 1. The zero-order valence-corrected chi connectivity index (χ0v) is 18.0. The van der Waals surface area contributed by atoms with E-state index in [2.05, 4.69) is 0 Å². The number of benzene rings is 1. The molecule has 0 bridgehead atoms. The Morgan fingerprint density at radius 1 is 1.17 bits per heavy atom. The van der Waals surface area contributed by atoms with Crippen molar-refractivity contribution in [3.63, 3.8) is 0 Å². The Bertz CT molecular complexity index is 982. The zero-order valence-electron chi connectivity index (χ0n) is 17.3. The number of nitrogens with zero attached hydrogens (tertiary/aromatic N) is 2. The molecule has 2 aromatic rings. The maximum absolute atomic E-state index is 11.8. The molecule has 0 aliphatic carbocycles. The van der Waals surface area contributed by atoms with Crippen LogP contribution in [-0.4, -0.2) is 35.5 Å². The molecule has 1 aliphatic rings. The predicted octanol–water partition coefficient (Wildman–Crippen LogP) is 3.69. The topological polar surface area (TPSA) is 122 Å². The average molecular weight is 437 g/mol. The Morgan fingerprint density at radius 3 is 2.43 bits per heavy atom. The van der Waals surface area contributed by atoms with Crippen LogP contribution in [-0.2, 0) is 11.4 Å². The number of ether oxygens (including phenoxy) is 2. The first kappa shape index (κ1) is 21.8. The van der Waals surface area contributed by atoms with Crippen molar-refractivity contribution in [3.8, 4) is 22.6 Å². The Kier molecular flexibility index (Phi) is 5.87. The largest absolute Gasteiger partial charge is 0.497 e. The molecule has 30 heavy (non-hydrogen) atoms. The Morgan fingerprint density at radius 2 is 1.87 bits per heavy atom. The molecule has 2 amide bonds. The number of hydrogen-bond acceptors (Lipinski definition) is 6. The van der Waals surface area contributed by atoms with E-state index < -0.39 is 23.6 Å². The predicted molar refractivity (Wildman–Crippen MR) is 111 cm³/mol. The number of carbonyl (C=O) groups is 2. The molecule has 1 unspecified atom stereocenters. The summed E-state index contributed by atoms with van der Waals surface area (Å²) in [7, 11) is 1.56. The van der Waals surface area contributed by atoms with Crippen molar-refractivity contribution in [2.75, 3.05) is 13.7 Å². The van der Waals surface area contributed by atoms with Gasteiger partial charge in [-0.05, 0) is 23.1 Å². The Balaban J connectivity index is 2.29. The number of hydrogen-bond donors (Lipinski definition) is 2. The number of nitrogens with two attached hydrogens (primary N) is 2. The molecule has 4 N–H and O–H groups in total. The molecule has 0 fully saturated rings. The molecule has 0 saturated carbocycles. The first-order valence-electron chi connectivity index (χ1n) is 9.32. The van der Waals surface area contributed by atoms with Gasteiger partial charge in [-0.25, -0.2) is 9.59 Å². The zero-order chi connectivity index (χ0) is 22.2. The third-order valence-corrected chi connectivity index (χ3v) is 5.27. The van der Waals surface area contributed by atoms with Gasteiger partial charge in [0.25, 0.3) is 0 Å². The lowest BCUT2D eigenvalue weighted by Gasteiger charge is -2.42. The number of rotatable bonds is 4. The molecule has 9 nitrogen and oxygen atoms in total. The summed E-state index contributed by atoms with van der Waals surface area (Å²) in [5, 5.41) is 1.86. The van der Waals surface area contributed by atoms with Crippen molar-refractivity contribution in [1.29, 1.82) is 0 Å². The van der Waals surface area contributed by atoms with E-state index in [0.717, 1.165) is 0 Å². The van der Waals surface area contributed by atoms with E-state index in [4.69, 9.17) is 37.4 Å². The minimum atomic E-state index is -0.982. The summed E-state index contributed by atoms with van der Waals surface area (Å²) < 4.78 is 12.6. The number of primary amides is 2. The molecule has 0 radical (unpaired) electrons. The van der Waals surface area contributed by atoms with E-state index in [1.165, 1.54) is 5.06 Å². The van der Waals surface area contributed by atoms with Gasteiger partial charge in [-0.1, -0.05) is 44.5 Å². The van der Waals surface area contributed by atoms with Crippen LogP contribution in [0.15, 0.2) is 24.3 Å². The lowest BCUT2D eigenvalue weighted by atomic mass is 9.83. The summed E-state index contributed by atoms with van der Waals surface area (Å²) in [5.41, 5.74) is 12.0. The highest BCUT2D eigenvalue weighted by atomic mass is 35.5. The molecule has 1 aliphatic heterocycles. The van der Waals surface area contributed by atoms with Crippen LogP contribution >= 0.6 is 11.6 Å². The van der Waals surface area contributed by atoms with Crippen molar-refractivity contribution in [2.45, 2.75) is 33.4 Å². The fourth-order valence-corrected chi connectivity index (χ4v) is 4.20. The van der Waals surface area contributed by atoms with Gasteiger partial charge in [-0.15, -0.1) is 5.06 Å². The van der Waals surface area contributed by atoms with Gasteiger partial charge in [0, 0.05) is 6.54 Å². The lowest BCUT2D eigenvalue weighted by molar-refractivity contribution is -0.168. The minimum Gasteiger partial charge on any atom is -0.497 e. The fraction of sp³-hybridized carbons (Fsp3) is 0.400. The van der Waals surface area contributed by atoms with Crippen molar-refractivity contribution < 1.29 is 23.9 Å². The van der Waals surface area contributed by atoms with E-state index in [1.54, 1.807) is 25.3 Å². The molecule has 3 rings (SSSR count). The first-order chi connectivity index (χ1) is 14.0. The molecule has 10 heteroatoms. The van der Waals surface area contributed by atoms with Crippen LogP contribution in [0.1, 0.15) is 32.5 Å². The summed E-state index contributed by atoms with van der Waals surface area (Å²) in [4.78, 5) is 28.5. The molecular formula is C20H25ClN4O5. The van der Waals surface area contributed by atoms with Crippen molar-refractivity contribution in [3.05, 3.63) is 35.1 Å². The fourth-order valence-electron chi connectivity index (χ4n) is 3.83. The number of carbonyl (C=O) groups excluding carboxylic acids is 2. The van der Waals surface area contributed by atoms with Gasteiger partial charge >= 0.3 is 12.2 Å². The highest BCUT2D eigenvalue weighted by Gasteiger charge is 2.44. The van der Waals surface area contributed by atoms with Crippen LogP contribution < -0.4 is 20.9 Å². The second-order valence-electron chi connectivity index (χ2n) is 8.00. The van der Waals surface area contributed by atoms with Gasteiger partial charge in [0.15, 0.2) is 5.75 Å². The van der Waals surface area contributed by atoms with E-state index in [1.807, 2.05) is 31.4 Å². The quantitative estimate of drug-likeness (QED) is 0.753. The molecule has 0 spiro atoms. The van der Waals surface area contributed by atoms with Crippen LogP contribution in [0.25, 0.3) is 11.1 Å². The molecule has 1 atom stereocenters. The maximum atomic E-state index is 11.8. The molecule has 1 aromatic carbocycles. The van der Waals surface area contributed by atoms with Crippen molar-refractivity contribution in [2.24, 2.45) is 16.9 Å². The molecule has 0 saturated heterocycles. The van der Waals surface area contributed by atoms with E-state index in [-0.39, 0.29) is 5.75 Å². The first-order valence-corrected chi connectivity index (χ1v) is 9.70. The normalized spacial score (nSPS) is 16.6. The maximum Gasteiger partial charge on any atom is 0.423 e. The van der Waals surface area contributed by atoms with Crippen LogP contribution in [0.5, 0.6) is 11.5 Å². The van der Waals surface area contributed by atoms with Gasteiger partial charge < -0.3 is 30.3 Å². The summed E-state index contributed by atoms with van der Waals surface area (Å²) >= 11 is 6.77. The number of halogens is 1. The third kappa shape index (κ3) is 4.03. The van der Waals surface area contributed by atoms with Crippen molar-refractivity contribution in [1.82, 2.24) is 9.63 Å². The van der Waals surface area contributed by atoms with E-state index >= 15 is 0 Å². The second kappa shape index (κ2) is 8.08. The van der Waals surface area contributed by atoms with Gasteiger partial charge in [0.1, 0.15) is 10.9 Å².